The Morgan fingerprint density at radius 3 is 2.22 bits per heavy atom. The summed E-state index contributed by atoms with van der Waals surface area (Å²) in [6.45, 7) is 0. The molecule has 18 heavy (non-hydrogen) atoms. The van der Waals surface area contributed by atoms with E-state index in [0.717, 1.165) is 0 Å². The summed E-state index contributed by atoms with van der Waals surface area (Å²) < 4.78 is 46.2. The van der Waals surface area contributed by atoms with Gasteiger partial charge in [0.1, 0.15) is 0 Å². The number of aromatic nitrogens is 2. The number of hydrogen-bond acceptors (Lipinski definition) is 6. The summed E-state index contributed by atoms with van der Waals surface area (Å²) in [4.78, 5) is 28.4. The zero-order valence-electron chi connectivity index (χ0n) is 8.39. The average molecular weight is 260 g/mol. The topological polar surface area (TPSA) is 78.4 Å². The Balaban J connectivity index is 2.51. The second kappa shape index (κ2) is 4.09. The van der Waals surface area contributed by atoms with Gasteiger partial charge in [-0.05, 0) is 0 Å². The quantitative estimate of drug-likeness (QED) is 0.644. The van der Waals surface area contributed by atoms with Crippen LogP contribution in [0.4, 0.5) is 13.2 Å². The van der Waals surface area contributed by atoms with Crippen molar-refractivity contribution >= 4 is 11.9 Å². The molecule has 0 saturated carbocycles. The molecule has 0 N–H and O–H groups in total. The van der Waals surface area contributed by atoms with Crippen molar-refractivity contribution in [3.05, 3.63) is 23.9 Å². The standard InChI is InChI=1S/C9H3F3N2O4/c10-9(11,12)4-3-5-14-8(13-4)18-7(16)2-1-6(15)17-5/h1-3H/b2-1-. The third-order valence-corrected chi connectivity index (χ3v) is 1.73. The van der Waals surface area contributed by atoms with Crippen molar-refractivity contribution in [2.45, 2.75) is 6.18 Å². The molecule has 1 aliphatic heterocycles. The zero-order chi connectivity index (χ0) is 13.3. The number of hydrogen-bond donors (Lipinski definition) is 0. The van der Waals surface area contributed by atoms with Crippen LogP contribution in [0.15, 0.2) is 18.2 Å². The predicted molar refractivity (Wildman–Crippen MR) is 47.4 cm³/mol. The van der Waals surface area contributed by atoms with Crippen molar-refractivity contribution in [3.8, 4) is 11.9 Å². The largest absolute Gasteiger partial charge is 0.433 e. The minimum atomic E-state index is -4.78. The van der Waals surface area contributed by atoms with Gasteiger partial charge in [0.25, 0.3) is 0 Å². The SMILES string of the molecule is O=C1/C=C\C(=O)Oc2nc(cc(C(F)(F)F)n2)O1. The lowest BCUT2D eigenvalue weighted by Crippen LogP contribution is -2.13. The summed E-state index contributed by atoms with van der Waals surface area (Å²) in [5.41, 5.74) is -1.38. The van der Waals surface area contributed by atoms with Gasteiger partial charge in [-0.15, -0.1) is 0 Å². The Hall–Kier alpha value is -2.45. The molecule has 0 saturated heterocycles. The predicted octanol–water partition coefficient (Wildman–Crippen LogP) is 0.876. The van der Waals surface area contributed by atoms with Crippen LogP contribution in [-0.2, 0) is 15.8 Å². The van der Waals surface area contributed by atoms with Gasteiger partial charge in [0.15, 0.2) is 5.69 Å². The molecule has 0 fully saturated rings. The third-order valence-electron chi connectivity index (χ3n) is 1.73. The van der Waals surface area contributed by atoms with Gasteiger partial charge < -0.3 is 9.47 Å². The number of carbonyl (C=O) groups is 2. The van der Waals surface area contributed by atoms with Crippen molar-refractivity contribution < 1.29 is 32.2 Å². The highest BCUT2D eigenvalue weighted by Crippen LogP contribution is 2.30. The second-order valence-corrected chi connectivity index (χ2v) is 3.05. The van der Waals surface area contributed by atoms with Crippen LogP contribution in [0.25, 0.3) is 0 Å². The van der Waals surface area contributed by atoms with Gasteiger partial charge in [-0.1, -0.05) is 0 Å². The van der Waals surface area contributed by atoms with Gasteiger partial charge in [-0.3, -0.25) is 0 Å². The molecule has 6 nitrogen and oxygen atoms in total. The van der Waals surface area contributed by atoms with E-state index in [4.69, 9.17) is 0 Å². The maximum Gasteiger partial charge on any atom is 0.433 e. The summed E-state index contributed by atoms with van der Waals surface area (Å²) in [6.07, 6.45) is -3.39. The molecule has 94 valence electrons. The first-order valence-corrected chi connectivity index (χ1v) is 4.42. The Kier molecular flexibility index (Phi) is 2.73. The number of fused-ring (bicyclic) bond motifs is 2. The fourth-order valence-electron chi connectivity index (χ4n) is 1.04. The van der Waals surface area contributed by atoms with Crippen LogP contribution < -0.4 is 9.47 Å². The van der Waals surface area contributed by atoms with Crippen molar-refractivity contribution in [2.75, 3.05) is 0 Å². The van der Waals surface area contributed by atoms with Crippen LogP contribution in [0.2, 0.25) is 0 Å². The van der Waals surface area contributed by atoms with Crippen molar-refractivity contribution in [1.29, 1.82) is 0 Å². The maximum atomic E-state index is 12.5. The van der Waals surface area contributed by atoms with E-state index in [1.807, 2.05) is 0 Å². The monoisotopic (exact) mass is 260 g/mol. The number of alkyl halides is 3. The highest BCUT2D eigenvalue weighted by atomic mass is 19.4. The molecule has 9 heteroatoms. The normalized spacial score (nSPS) is 17.1. The Morgan fingerprint density at radius 2 is 1.61 bits per heavy atom. The summed E-state index contributed by atoms with van der Waals surface area (Å²) in [6, 6.07) is -0.418. The molecule has 0 unspecified atom stereocenters. The smallest absolute Gasteiger partial charge is 0.404 e. The lowest BCUT2D eigenvalue weighted by Gasteiger charge is -2.08. The van der Waals surface area contributed by atoms with Gasteiger partial charge in [-0.25, -0.2) is 9.59 Å². The van der Waals surface area contributed by atoms with Crippen molar-refractivity contribution in [3.63, 3.8) is 0 Å². The number of rotatable bonds is 0. The fourth-order valence-corrected chi connectivity index (χ4v) is 1.04. The van der Waals surface area contributed by atoms with Crippen LogP contribution >= 0.6 is 0 Å². The summed E-state index contributed by atoms with van der Waals surface area (Å²) in [5.74, 6) is -2.79. The van der Waals surface area contributed by atoms with Gasteiger partial charge in [0, 0.05) is 18.2 Å². The molecule has 0 amide bonds. The van der Waals surface area contributed by atoms with E-state index in [1.54, 1.807) is 0 Å². The number of halogens is 3. The molecule has 1 aromatic rings. The first-order chi connectivity index (χ1) is 8.34. The van der Waals surface area contributed by atoms with Crippen LogP contribution in [0, 0.1) is 0 Å². The number of esters is 2. The molecule has 0 aliphatic carbocycles. The molecular formula is C9H3F3N2O4. The highest BCUT2D eigenvalue weighted by Gasteiger charge is 2.35. The molecule has 0 spiro atoms. The lowest BCUT2D eigenvalue weighted by atomic mass is 10.4. The number of nitrogens with zero attached hydrogens (tertiary/aromatic N) is 2. The van der Waals surface area contributed by atoms with E-state index in [0.29, 0.717) is 18.2 Å². The fraction of sp³-hybridized carbons (Fsp3) is 0.111. The van der Waals surface area contributed by atoms with Gasteiger partial charge >= 0.3 is 24.1 Å². The summed E-state index contributed by atoms with van der Waals surface area (Å²) in [5, 5.41) is 0. The number of ether oxygens (including phenoxy) is 2. The van der Waals surface area contributed by atoms with E-state index in [2.05, 4.69) is 19.4 Å². The molecule has 0 aromatic carbocycles. The summed E-state index contributed by atoms with van der Waals surface area (Å²) in [7, 11) is 0. The zero-order valence-corrected chi connectivity index (χ0v) is 8.39. The summed E-state index contributed by atoms with van der Waals surface area (Å²) >= 11 is 0. The van der Waals surface area contributed by atoms with Gasteiger partial charge in [0.2, 0.25) is 5.88 Å². The van der Waals surface area contributed by atoms with Crippen molar-refractivity contribution in [1.82, 2.24) is 9.97 Å². The molecule has 2 rings (SSSR count). The highest BCUT2D eigenvalue weighted by molar-refractivity contribution is 5.93. The molecular weight excluding hydrogens is 257 g/mol. The second-order valence-electron chi connectivity index (χ2n) is 3.05. The van der Waals surface area contributed by atoms with Crippen LogP contribution in [0.5, 0.6) is 11.9 Å². The molecule has 1 aliphatic rings. The van der Waals surface area contributed by atoms with E-state index in [9.17, 15) is 22.8 Å². The molecule has 1 aromatic heterocycles. The Morgan fingerprint density at radius 1 is 1.00 bits per heavy atom. The molecule has 2 bridgehead atoms. The van der Waals surface area contributed by atoms with E-state index in [-0.39, 0.29) is 0 Å². The number of carbonyl (C=O) groups excluding carboxylic acids is 2. The Bertz CT molecular complexity index is 515. The van der Waals surface area contributed by atoms with Crippen LogP contribution in [0.3, 0.4) is 0 Å². The molecule has 0 radical (unpaired) electrons. The van der Waals surface area contributed by atoms with Crippen LogP contribution in [-0.4, -0.2) is 21.9 Å². The molecule has 2 heterocycles. The maximum absolute atomic E-state index is 12.5. The lowest BCUT2D eigenvalue weighted by molar-refractivity contribution is -0.142. The van der Waals surface area contributed by atoms with E-state index >= 15 is 0 Å². The first kappa shape index (κ1) is 12.0. The average Bonchev–Trinajstić information content (AvgIpc) is 2.28. The Labute approximate surface area is 97.0 Å². The first-order valence-electron chi connectivity index (χ1n) is 4.42. The third kappa shape index (κ3) is 2.62. The van der Waals surface area contributed by atoms with Gasteiger partial charge in [0.05, 0.1) is 0 Å². The van der Waals surface area contributed by atoms with Gasteiger partial charge in [-0.2, -0.15) is 23.1 Å². The van der Waals surface area contributed by atoms with E-state index in [1.165, 1.54) is 0 Å². The molecule has 0 atom stereocenters. The van der Waals surface area contributed by atoms with E-state index < -0.39 is 35.7 Å². The minimum absolute atomic E-state index is 0.425. The van der Waals surface area contributed by atoms with Crippen molar-refractivity contribution in [2.24, 2.45) is 0 Å². The van der Waals surface area contributed by atoms with Crippen LogP contribution in [0.1, 0.15) is 5.69 Å². The minimum Gasteiger partial charge on any atom is -0.404 e.